The molecule has 4 N–H and O–H groups in total. The van der Waals surface area contributed by atoms with E-state index in [0.29, 0.717) is 44.9 Å². The van der Waals surface area contributed by atoms with Crippen LogP contribution in [0.15, 0.2) is 30.3 Å². The molecule has 4 atom stereocenters. The van der Waals surface area contributed by atoms with Crippen LogP contribution >= 0.6 is 0 Å². The first-order valence-corrected chi connectivity index (χ1v) is 12.0. The maximum atomic E-state index is 11.9. The van der Waals surface area contributed by atoms with Gasteiger partial charge in [-0.25, -0.2) is 9.59 Å². The lowest BCUT2D eigenvalue weighted by Gasteiger charge is -2.35. The number of rotatable bonds is 7. The average Bonchev–Trinajstić information content (AvgIpc) is 2.70. The topological polar surface area (TPSA) is 112 Å². The molecule has 0 spiro atoms. The lowest BCUT2D eigenvalue weighted by atomic mass is 10.2. The molecule has 1 aromatic rings. The summed E-state index contributed by atoms with van der Waals surface area (Å²) in [6, 6.07) is 10.3. The molecule has 0 aromatic heterocycles. The quantitative estimate of drug-likeness (QED) is 0.475. The SMILES string of the molecule is C[C@@H](O)CNC[C@H](C)NC(=O)OC(C)(C)C.C[C@H]1CN(C(=O)OCc2ccccc2)C[C@H](C)N1. The van der Waals surface area contributed by atoms with E-state index in [9.17, 15) is 9.59 Å². The Labute approximate surface area is 204 Å². The van der Waals surface area contributed by atoms with Crippen molar-refractivity contribution < 1.29 is 24.2 Å². The average molecular weight is 481 g/mol. The molecule has 34 heavy (non-hydrogen) atoms. The number of nitrogens with zero attached hydrogens (tertiary/aromatic N) is 1. The van der Waals surface area contributed by atoms with Crippen LogP contribution in [0.3, 0.4) is 0 Å². The van der Waals surface area contributed by atoms with Gasteiger partial charge in [0.05, 0.1) is 6.10 Å². The van der Waals surface area contributed by atoms with Gasteiger partial charge in [-0.05, 0) is 54.0 Å². The molecule has 0 unspecified atom stereocenters. The van der Waals surface area contributed by atoms with Crippen LogP contribution in [0.5, 0.6) is 0 Å². The second kappa shape index (κ2) is 14.8. The van der Waals surface area contributed by atoms with Gasteiger partial charge in [-0.15, -0.1) is 0 Å². The van der Waals surface area contributed by atoms with Gasteiger partial charge in [0.25, 0.3) is 0 Å². The van der Waals surface area contributed by atoms with Gasteiger partial charge in [0.15, 0.2) is 0 Å². The smallest absolute Gasteiger partial charge is 0.410 e. The van der Waals surface area contributed by atoms with Crippen LogP contribution in [0.1, 0.15) is 54.0 Å². The number of piperazine rings is 1. The van der Waals surface area contributed by atoms with Crippen molar-refractivity contribution in [2.24, 2.45) is 0 Å². The molecule has 1 fully saturated rings. The van der Waals surface area contributed by atoms with Crippen LogP contribution in [0.2, 0.25) is 0 Å². The Morgan fingerprint density at radius 2 is 1.71 bits per heavy atom. The van der Waals surface area contributed by atoms with E-state index in [1.807, 2.05) is 58.0 Å². The number of alkyl carbamates (subject to hydrolysis) is 1. The first-order chi connectivity index (χ1) is 15.9. The molecular formula is C25H44N4O5. The van der Waals surface area contributed by atoms with Crippen LogP contribution in [0.4, 0.5) is 9.59 Å². The molecule has 1 heterocycles. The third kappa shape index (κ3) is 14.0. The van der Waals surface area contributed by atoms with Gasteiger partial charge in [0.2, 0.25) is 0 Å². The lowest BCUT2D eigenvalue weighted by Crippen LogP contribution is -2.55. The van der Waals surface area contributed by atoms with Gasteiger partial charge >= 0.3 is 12.2 Å². The van der Waals surface area contributed by atoms with E-state index in [-0.39, 0.29) is 18.2 Å². The van der Waals surface area contributed by atoms with Crippen LogP contribution < -0.4 is 16.0 Å². The summed E-state index contributed by atoms with van der Waals surface area (Å²) in [6.45, 7) is 16.1. The summed E-state index contributed by atoms with van der Waals surface area (Å²) >= 11 is 0. The third-order valence-electron chi connectivity index (χ3n) is 4.67. The van der Waals surface area contributed by atoms with Crippen molar-refractivity contribution in [1.29, 1.82) is 0 Å². The summed E-state index contributed by atoms with van der Waals surface area (Å²) in [6.07, 6.45) is -1.02. The number of amides is 2. The molecule has 1 saturated heterocycles. The van der Waals surface area contributed by atoms with Gasteiger partial charge in [-0.2, -0.15) is 0 Å². The Hall–Kier alpha value is -2.36. The van der Waals surface area contributed by atoms with Crippen molar-refractivity contribution in [2.45, 2.75) is 84.9 Å². The molecule has 2 rings (SSSR count). The summed E-state index contributed by atoms with van der Waals surface area (Å²) in [5.41, 5.74) is 0.540. The number of carbonyl (C=O) groups excluding carboxylic acids is 2. The molecule has 1 aliphatic rings. The Kier molecular flexibility index (Phi) is 12.9. The lowest BCUT2D eigenvalue weighted by molar-refractivity contribution is 0.0507. The first-order valence-electron chi connectivity index (χ1n) is 12.0. The van der Waals surface area contributed by atoms with Gasteiger partial charge in [-0.3, -0.25) is 0 Å². The molecule has 194 valence electrons. The molecule has 2 amide bonds. The molecule has 0 aliphatic carbocycles. The van der Waals surface area contributed by atoms with Crippen molar-refractivity contribution in [2.75, 3.05) is 26.2 Å². The maximum Gasteiger partial charge on any atom is 0.410 e. The van der Waals surface area contributed by atoms with Gasteiger partial charge < -0.3 is 35.4 Å². The minimum Gasteiger partial charge on any atom is -0.445 e. The van der Waals surface area contributed by atoms with E-state index >= 15 is 0 Å². The third-order valence-corrected chi connectivity index (χ3v) is 4.67. The van der Waals surface area contributed by atoms with Gasteiger partial charge in [0.1, 0.15) is 12.2 Å². The summed E-state index contributed by atoms with van der Waals surface area (Å²) < 4.78 is 10.4. The molecule has 0 radical (unpaired) electrons. The molecule has 0 saturated carbocycles. The largest absolute Gasteiger partial charge is 0.445 e. The molecule has 1 aromatic carbocycles. The molecule has 9 heteroatoms. The molecule has 0 bridgehead atoms. The Bertz CT molecular complexity index is 714. The molecule has 9 nitrogen and oxygen atoms in total. The number of hydrogen-bond acceptors (Lipinski definition) is 7. The van der Waals surface area contributed by atoms with Crippen LogP contribution in [-0.2, 0) is 16.1 Å². The Balaban J connectivity index is 0.000000344. The zero-order chi connectivity index (χ0) is 25.7. The number of benzene rings is 1. The second-order valence-corrected chi connectivity index (χ2v) is 9.97. The van der Waals surface area contributed by atoms with E-state index in [4.69, 9.17) is 14.6 Å². The number of hydrogen-bond donors (Lipinski definition) is 4. The Morgan fingerprint density at radius 3 is 2.24 bits per heavy atom. The number of aliphatic hydroxyl groups excluding tert-OH is 1. The predicted molar refractivity (Wildman–Crippen MR) is 134 cm³/mol. The maximum absolute atomic E-state index is 11.9. The summed E-state index contributed by atoms with van der Waals surface area (Å²) in [5.74, 6) is 0. The molecule has 1 aliphatic heterocycles. The number of nitrogens with one attached hydrogen (secondary N) is 3. The highest BCUT2D eigenvalue weighted by Crippen LogP contribution is 2.08. The minimum atomic E-state index is -0.475. The zero-order valence-corrected chi connectivity index (χ0v) is 21.8. The van der Waals surface area contributed by atoms with Crippen LogP contribution in [0, 0.1) is 0 Å². The van der Waals surface area contributed by atoms with E-state index in [2.05, 4.69) is 29.8 Å². The van der Waals surface area contributed by atoms with Crippen molar-refractivity contribution in [3.8, 4) is 0 Å². The van der Waals surface area contributed by atoms with Gasteiger partial charge in [-0.1, -0.05) is 30.3 Å². The van der Waals surface area contributed by atoms with Crippen molar-refractivity contribution in [3.63, 3.8) is 0 Å². The number of carbonyl (C=O) groups is 2. The van der Waals surface area contributed by atoms with Gasteiger partial charge in [0, 0.05) is 44.3 Å². The highest BCUT2D eigenvalue weighted by Gasteiger charge is 2.25. The van der Waals surface area contributed by atoms with Crippen molar-refractivity contribution >= 4 is 12.2 Å². The standard InChI is InChI=1S/C14H20N2O2.C11H24N2O3/c1-11-8-16(9-12(2)15-11)14(17)18-10-13-6-4-3-5-7-13;1-8(6-12-7-9(2)14)13-10(15)16-11(3,4)5/h3-7,11-12,15H,8-10H2,1-2H3;8-9,12,14H,6-7H2,1-5H3,(H,13,15)/t11-,12-;8-,9+/m00/s1. The van der Waals surface area contributed by atoms with E-state index in [1.54, 1.807) is 11.8 Å². The predicted octanol–water partition coefficient (Wildman–Crippen LogP) is 2.88. The minimum absolute atomic E-state index is 0.0337. The summed E-state index contributed by atoms with van der Waals surface area (Å²) in [5, 5.41) is 18.2. The number of ether oxygens (including phenoxy) is 2. The molecular weight excluding hydrogens is 436 g/mol. The normalized spacial score (nSPS) is 19.8. The zero-order valence-electron chi connectivity index (χ0n) is 21.8. The highest BCUT2D eigenvalue weighted by molar-refractivity contribution is 5.68. The van der Waals surface area contributed by atoms with E-state index in [1.165, 1.54) is 0 Å². The first kappa shape index (κ1) is 29.7. The Morgan fingerprint density at radius 1 is 1.12 bits per heavy atom. The summed E-state index contributed by atoms with van der Waals surface area (Å²) in [4.78, 5) is 25.1. The monoisotopic (exact) mass is 480 g/mol. The fourth-order valence-electron chi connectivity index (χ4n) is 3.35. The summed E-state index contributed by atoms with van der Waals surface area (Å²) in [7, 11) is 0. The van der Waals surface area contributed by atoms with Crippen molar-refractivity contribution in [1.82, 2.24) is 20.9 Å². The van der Waals surface area contributed by atoms with Crippen LogP contribution in [-0.4, -0.2) is 78.2 Å². The number of aliphatic hydroxyl groups is 1. The second-order valence-electron chi connectivity index (χ2n) is 9.97. The fourth-order valence-corrected chi connectivity index (χ4v) is 3.35. The highest BCUT2D eigenvalue weighted by atomic mass is 16.6. The van der Waals surface area contributed by atoms with Crippen LogP contribution in [0.25, 0.3) is 0 Å². The van der Waals surface area contributed by atoms with Crippen molar-refractivity contribution in [3.05, 3.63) is 35.9 Å². The van der Waals surface area contributed by atoms with E-state index in [0.717, 1.165) is 5.56 Å². The fraction of sp³-hybridized carbons (Fsp3) is 0.680. The van der Waals surface area contributed by atoms with E-state index < -0.39 is 11.7 Å².